The van der Waals surface area contributed by atoms with E-state index in [0.29, 0.717) is 13.0 Å². The van der Waals surface area contributed by atoms with Crippen LogP contribution in [0.25, 0.3) is 0 Å². The Balaban J connectivity index is 1.79. The van der Waals surface area contributed by atoms with Gasteiger partial charge >= 0.3 is 5.97 Å². The van der Waals surface area contributed by atoms with Crippen molar-refractivity contribution in [1.82, 2.24) is 10.3 Å². The molecule has 0 fully saturated rings. The Morgan fingerprint density at radius 2 is 2.00 bits per heavy atom. The van der Waals surface area contributed by atoms with Crippen LogP contribution < -0.4 is 5.32 Å². The molecule has 6 heteroatoms. The van der Waals surface area contributed by atoms with E-state index in [2.05, 4.69) is 10.3 Å². The van der Waals surface area contributed by atoms with Gasteiger partial charge in [0.25, 0.3) is 5.91 Å². The molecule has 0 saturated carbocycles. The fourth-order valence-electron chi connectivity index (χ4n) is 1.93. The lowest BCUT2D eigenvalue weighted by atomic mass is 10.1. The minimum atomic E-state index is -0.884. The Labute approximate surface area is 139 Å². The number of carbonyl (C=O) groups is 2. The average molecular weight is 333 g/mol. The standard InChI is InChI=1S/C17H17ClN2O3/c1-12(23-17(22)14-8-10-19-15(18)11-14)16(21)20-9-7-13-5-3-2-4-6-13/h2-6,8,10-12H,7,9H2,1H3,(H,20,21). The third-order valence-corrected chi connectivity index (χ3v) is 3.38. The highest BCUT2D eigenvalue weighted by Gasteiger charge is 2.18. The largest absolute Gasteiger partial charge is 0.449 e. The highest BCUT2D eigenvalue weighted by atomic mass is 35.5. The van der Waals surface area contributed by atoms with Crippen molar-refractivity contribution in [2.45, 2.75) is 19.4 Å². The molecule has 1 N–H and O–H groups in total. The summed E-state index contributed by atoms with van der Waals surface area (Å²) >= 11 is 5.72. The van der Waals surface area contributed by atoms with Crippen LogP contribution in [-0.2, 0) is 16.0 Å². The number of rotatable bonds is 6. The van der Waals surface area contributed by atoms with Crippen LogP contribution in [0.5, 0.6) is 0 Å². The normalized spacial score (nSPS) is 11.6. The molecule has 0 bridgehead atoms. The molecule has 1 aromatic heterocycles. The molecule has 2 rings (SSSR count). The molecule has 0 aliphatic rings. The van der Waals surface area contributed by atoms with E-state index in [9.17, 15) is 9.59 Å². The van der Waals surface area contributed by atoms with Crippen LogP contribution in [0, 0.1) is 0 Å². The van der Waals surface area contributed by atoms with E-state index in [4.69, 9.17) is 16.3 Å². The topological polar surface area (TPSA) is 68.3 Å². The molecule has 0 saturated heterocycles. The smallest absolute Gasteiger partial charge is 0.339 e. The molecule has 0 radical (unpaired) electrons. The Kier molecular flexibility index (Phi) is 6.11. The summed E-state index contributed by atoms with van der Waals surface area (Å²) in [6.45, 7) is 2.00. The molecule has 1 aromatic carbocycles. The average Bonchev–Trinajstić information content (AvgIpc) is 2.55. The van der Waals surface area contributed by atoms with Gasteiger partial charge < -0.3 is 10.1 Å². The van der Waals surface area contributed by atoms with Gasteiger partial charge in [-0.1, -0.05) is 41.9 Å². The van der Waals surface area contributed by atoms with Crippen LogP contribution in [0.15, 0.2) is 48.7 Å². The minimum absolute atomic E-state index is 0.194. The summed E-state index contributed by atoms with van der Waals surface area (Å²) in [5, 5.41) is 2.94. The van der Waals surface area contributed by atoms with Gasteiger partial charge in [0.15, 0.2) is 6.10 Å². The highest BCUT2D eigenvalue weighted by Crippen LogP contribution is 2.09. The summed E-state index contributed by atoms with van der Waals surface area (Å²) < 4.78 is 5.12. The fourth-order valence-corrected chi connectivity index (χ4v) is 2.10. The lowest BCUT2D eigenvalue weighted by Gasteiger charge is -2.13. The van der Waals surface area contributed by atoms with Crippen LogP contribution in [0.3, 0.4) is 0 Å². The van der Waals surface area contributed by atoms with Crippen molar-refractivity contribution in [2.24, 2.45) is 0 Å². The number of hydrogen-bond donors (Lipinski definition) is 1. The Morgan fingerprint density at radius 1 is 1.26 bits per heavy atom. The molecule has 0 aliphatic carbocycles. The molecule has 2 aromatic rings. The highest BCUT2D eigenvalue weighted by molar-refractivity contribution is 6.29. The van der Waals surface area contributed by atoms with Gasteiger partial charge in [-0.05, 0) is 31.0 Å². The molecular weight excluding hydrogens is 316 g/mol. The Morgan fingerprint density at radius 3 is 2.70 bits per heavy atom. The van der Waals surface area contributed by atoms with Crippen molar-refractivity contribution in [3.63, 3.8) is 0 Å². The van der Waals surface area contributed by atoms with Gasteiger partial charge in [-0.25, -0.2) is 9.78 Å². The summed E-state index contributed by atoms with van der Waals surface area (Å²) in [6, 6.07) is 12.7. The summed E-state index contributed by atoms with van der Waals surface area (Å²) in [5.74, 6) is -0.950. The van der Waals surface area contributed by atoms with E-state index in [1.807, 2.05) is 30.3 Å². The van der Waals surface area contributed by atoms with E-state index in [1.54, 1.807) is 0 Å². The van der Waals surface area contributed by atoms with Gasteiger partial charge in [0, 0.05) is 12.7 Å². The van der Waals surface area contributed by atoms with E-state index in [-0.39, 0.29) is 16.6 Å². The molecule has 0 aliphatic heterocycles. The zero-order valence-corrected chi connectivity index (χ0v) is 13.4. The summed E-state index contributed by atoms with van der Waals surface area (Å²) in [6.07, 6.45) is 1.24. The summed E-state index contributed by atoms with van der Waals surface area (Å²) in [4.78, 5) is 27.6. The summed E-state index contributed by atoms with van der Waals surface area (Å²) in [7, 11) is 0. The fraction of sp³-hybridized carbons (Fsp3) is 0.235. The van der Waals surface area contributed by atoms with Gasteiger partial charge in [0.1, 0.15) is 5.15 Å². The van der Waals surface area contributed by atoms with Crippen LogP contribution in [-0.4, -0.2) is 29.5 Å². The second-order valence-corrected chi connectivity index (χ2v) is 5.33. The number of esters is 1. The maximum atomic E-state index is 11.9. The first-order chi connectivity index (χ1) is 11.1. The number of nitrogens with one attached hydrogen (secondary N) is 1. The molecule has 1 amide bonds. The zero-order valence-electron chi connectivity index (χ0n) is 12.7. The van der Waals surface area contributed by atoms with E-state index >= 15 is 0 Å². The van der Waals surface area contributed by atoms with Gasteiger partial charge in [-0.2, -0.15) is 0 Å². The first-order valence-electron chi connectivity index (χ1n) is 7.20. The first-order valence-corrected chi connectivity index (χ1v) is 7.58. The first kappa shape index (κ1) is 17.0. The maximum absolute atomic E-state index is 11.9. The number of nitrogens with zero attached hydrogens (tertiary/aromatic N) is 1. The molecule has 1 heterocycles. The van der Waals surface area contributed by atoms with E-state index < -0.39 is 12.1 Å². The maximum Gasteiger partial charge on any atom is 0.339 e. The lowest BCUT2D eigenvalue weighted by Crippen LogP contribution is -2.36. The number of pyridine rings is 1. The van der Waals surface area contributed by atoms with E-state index in [1.165, 1.54) is 25.3 Å². The molecule has 5 nitrogen and oxygen atoms in total. The van der Waals surface area contributed by atoms with Gasteiger partial charge in [0.05, 0.1) is 5.56 Å². The molecule has 1 atom stereocenters. The zero-order chi connectivity index (χ0) is 16.7. The number of ether oxygens (including phenoxy) is 1. The third kappa shape index (κ3) is 5.38. The second kappa shape index (κ2) is 8.29. The van der Waals surface area contributed by atoms with E-state index in [0.717, 1.165) is 5.56 Å². The quantitative estimate of drug-likeness (QED) is 0.652. The Bertz CT molecular complexity index is 677. The van der Waals surface area contributed by atoms with Crippen molar-refractivity contribution in [3.8, 4) is 0 Å². The number of halogens is 1. The van der Waals surface area contributed by atoms with Crippen molar-refractivity contribution in [1.29, 1.82) is 0 Å². The monoisotopic (exact) mass is 332 g/mol. The summed E-state index contributed by atoms with van der Waals surface area (Å²) in [5.41, 5.74) is 1.39. The van der Waals surface area contributed by atoms with Crippen molar-refractivity contribution in [3.05, 3.63) is 64.9 Å². The van der Waals surface area contributed by atoms with Crippen LogP contribution in [0.4, 0.5) is 0 Å². The minimum Gasteiger partial charge on any atom is -0.449 e. The van der Waals surface area contributed by atoms with Crippen LogP contribution in [0.2, 0.25) is 5.15 Å². The van der Waals surface area contributed by atoms with Gasteiger partial charge in [-0.15, -0.1) is 0 Å². The molecular formula is C17H17ClN2O3. The lowest BCUT2D eigenvalue weighted by molar-refractivity contribution is -0.129. The molecule has 0 spiro atoms. The molecule has 1 unspecified atom stereocenters. The second-order valence-electron chi connectivity index (χ2n) is 4.94. The Hall–Kier alpha value is -2.40. The van der Waals surface area contributed by atoms with Crippen molar-refractivity contribution < 1.29 is 14.3 Å². The van der Waals surface area contributed by atoms with Gasteiger partial charge in [0.2, 0.25) is 0 Å². The third-order valence-electron chi connectivity index (χ3n) is 3.17. The SMILES string of the molecule is CC(OC(=O)c1ccnc(Cl)c1)C(=O)NCCc1ccccc1. The molecule has 23 heavy (non-hydrogen) atoms. The van der Waals surface area contributed by atoms with Gasteiger partial charge in [-0.3, -0.25) is 4.79 Å². The molecule has 120 valence electrons. The van der Waals surface area contributed by atoms with Crippen LogP contribution >= 0.6 is 11.6 Å². The number of benzene rings is 1. The van der Waals surface area contributed by atoms with Crippen LogP contribution in [0.1, 0.15) is 22.8 Å². The van der Waals surface area contributed by atoms with Crippen molar-refractivity contribution in [2.75, 3.05) is 6.54 Å². The predicted octanol–water partition coefficient (Wildman–Crippen LogP) is 2.64. The predicted molar refractivity (Wildman–Crippen MR) is 87.3 cm³/mol. The number of amides is 1. The number of aromatic nitrogens is 1. The number of hydrogen-bond acceptors (Lipinski definition) is 4. The number of carbonyl (C=O) groups excluding carboxylic acids is 2. The van der Waals surface area contributed by atoms with Crippen molar-refractivity contribution >= 4 is 23.5 Å².